The minimum Gasteiger partial charge on any atom is -0.494 e. The fourth-order valence-electron chi connectivity index (χ4n) is 2.96. The van der Waals surface area contributed by atoms with Crippen molar-refractivity contribution in [2.45, 2.75) is 12.8 Å². The van der Waals surface area contributed by atoms with Gasteiger partial charge < -0.3 is 10.1 Å². The van der Waals surface area contributed by atoms with Crippen LogP contribution in [-0.4, -0.2) is 25.2 Å². The monoisotopic (exact) mass is 264 g/mol. The van der Waals surface area contributed by atoms with E-state index in [1.54, 1.807) is 7.11 Å². The number of nitrogens with one attached hydrogen (secondary N) is 1. The molecule has 0 bridgehead atoms. The average Bonchev–Trinajstić information content (AvgIpc) is 2.83. The highest BCUT2D eigenvalue weighted by Crippen LogP contribution is 2.40. The molecule has 2 heterocycles. The number of pyridine rings is 1. The number of ether oxygens (including phenoxy) is 1. The van der Waals surface area contributed by atoms with E-state index in [9.17, 15) is 0 Å². The van der Waals surface area contributed by atoms with Crippen LogP contribution in [0.25, 0.3) is 5.57 Å². The van der Waals surface area contributed by atoms with E-state index in [-0.39, 0.29) is 0 Å². The van der Waals surface area contributed by atoms with E-state index in [0.29, 0.717) is 16.8 Å². The Hall–Kier alpha value is -1.06. The number of allylic oxidation sites excluding steroid dienone is 1. The first kappa shape index (κ1) is 12.0. The molecule has 1 aliphatic heterocycles. The molecule has 1 aromatic rings. The zero-order valence-corrected chi connectivity index (χ0v) is 11.2. The zero-order chi connectivity index (χ0) is 12.5. The van der Waals surface area contributed by atoms with Crippen molar-refractivity contribution in [2.75, 3.05) is 20.2 Å². The number of nitrogens with zero attached hydrogens (tertiary/aromatic N) is 1. The first-order chi connectivity index (χ1) is 8.78. The Bertz CT molecular complexity index is 487. The molecule has 18 heavy (non-hydrogen) atoms. The summed E-state index contributed by atoms with van der Waals surface area (Å²) in [5.41, 5.74) is 2.53. The zero-order valence-electron chi connectivity index (χ0n) is 10.4. The molecule has 96 valence electrons. The highest BCUT2D eigenvalue weighted by Gasteiger charge is 2.30. The maximum atomic E-state index is 5.96. The Morgan fingerprint density at radius 3 is 3.17 bits per heavy atom. The van der Waals surface area contributed by atoms with Gasteiger partial charge in [0.05, 0.1) is 7.11 Å². The molecule has 0 aromatic carbocycles. The van der Waals surface area contributed by atoms with E-state index < -0.39 is 0 Å². The fraction of sp³-hybridized carbons (Fsp3) is 0.500. The first-order valence-corrected chi connectivity index (χ1v) is 6.77. The van der Waals surface area contributed by atoms with Gasteiger partial charge >= 0.3 is 0 Å². The minimum absolute atomic E-state index is 0.430. The number of aromatic nitrogens is 1. The van der Waals surface area contributed by atoms with Crippen molar-refractivity contribution in [3.63, 3.8) is 0 Å². The molecular weight excluding hydrogens is 248 g/mol. The second kappa shape index (κ2) is 4.90. The minimum atomic E-state index is 0.430. The van der Waals surface area contributed by atoms with Crippen LogP contribution in [0.1, 0.15) is 18.4 Å². The average molecular weight is 265 g/mol. The SMILES string of the molecule is COc1cc(C2=CC3CNCCC3C2)cnc1Cl. The lowest BCUT2D eigenvalue weighted by atomic mass is 9.89. The van der Waals surface area contributed by atoms with Crippen LogP contribution < -0.4 is 10.1 Å². The lowest BCUT2D eigenvalue weighted by Crippen LogP contribution is -2.33. The second-order valence-corrected chi connectivity index (χ2v) is 5.39. The van der Waals surface area contributed by atoms with Crippen molar-refractivity contribution in [1.82, 2.24) is 10.3 Å². The number of halogens is 1. The third-order valence-electron chi connectivity index (χ3n) is 3.97. The highest BCUT2D eigenvalue weighted by atomic mass is 35.5. The maximum absolute atomic E-state index is 5.96. The third kappa shape index (κ3) is 2.13. The number of methoxy groups -OCH3 is 1. The molecule has 1 aromatic heterocycles. The van der Waals surface area contributed by atoms with Crippen molar-refractivity contribution < 1.29 is 4.74 Å². The highest BCUT2D eigenvalue weighted by molar-refractivity contribution is 6.30. The number of fused-ring (bicyclic) bond motifs is 1. The standard InChI is InChI=1S/C14H17ClN2O/c1-18-13-6-12(8-17-14(13)15)10-4-9-2-3-16-7-11(9)5-10/h5-6,8-9,11,16H,2-4,7H2,1H3. The lowest BCUT2D eigenvalue weighted by molar-refractivity contribution is 0.323. The molecule has 2 atom stereocenters. The van der Waals surface area contributed by atoms with Crippen molar-refractivity contribution in [3.05, 3.63) is 29.1 Å². The summed E-state index contributed by atoms with van der Waals surface area (Å²) in [7, 11) is 1.62. The predicted molar refractivity (Wildman–Crippen MR) is 72.9 cm³/mol. The molecule has 2 aliphatic rings. The van der Waals surface area contributed by atoms with E-state index in [1.165, 1.54) is 12.0 Å². The third-order valence-corrected chi connectivity index (χ3v) is 4.26. The predicted octanol–water partition coefficient (Wildman–Crippen LogP) is 2.76. The summed E-state index contributed by atoms with van der Waals surface area (Å²) >= 11 is 5.96. The van der Waals surface area contributed by atoms with E-state index in [1.807, 2.05) is 12.3 Å². The molecule has 0 spiro atoms. The first-order valence-electron chi connectivity index (χ1n) is 6.39. The van der Waals surface area contributed by atoms with E-state index in [0.717, 1.165) is 31.0 Å². The van der Waals surface area contributed by atoms with Crippen LogP contribution in [0.2, 0.25) is 5.15 Å². The second-order valence-electron chi connectivity index (χ2n) is 5.03. The smallest absolute Gasteiger partial charge is 0.171 e. The number of hydrogen-bond acceptors (Lipinski definition) is 3. The summed E-state index contributed by atoms with van der Waals surface area (Å²) in [5, 5.41) is 3.88. The summed E-state index contributed by atoms with van der Waals surface area (Å²) in [6, 6.07) is 1.99. The summed E-state index contributed by atoms with van der Waals surface area (Å²) in [6.07, 6.45) is 6.66. The Morgan fingerprint density at radius 1 is 1.50 bits per heavy atom. The molecule has 0 amide bonds. The summed E-state index contributed by atoms with van der Waals surface area (Å²) in [5.74, 6) is 2.13. The molecule has 1 N–H and O–H groups in total. The molecule has 2 unspecified atom stereocenters. The normalized spacial score (nSPS) is 26.7. The van der Waals surface area contributed by atoms with Gasteiger partial charge in [-0.1, -0.05) is 17.7 Å². The molecule has 0 radical (unpaired) electrons. The van der Waals surface area contributed by atoms with Gasteiger partial charge in [0.15, 0.2) is 10.9 Å². The molecule has 1 aliphatic carbocycles. The Labute approximate surface area is 112 Å². The van der Waals surface area contributed by atoms with Gasteiger partial charge in [-0.3, -0.25) is 0 Å². The van der Waals surface area contributed by atoms with Gasteiger partial charge in [-0.25, -0.2) is 4.98 Å². The van der Waals surface area contributed by atoms with Gasteiger partial charge in [-0.05, 0) is 48.4 Å². The number of rotatable bonds is 2. The molecule has 1 saturated heterocycles. The molecule has 4 heteroatoms. The molecule has 1 fully saturated rings. The van der Waals surface area contributed by atoms with Gasteiger partial charge in [-0.15, -0.1) is 0 Å². The van der Waals surface area contributed by atoms with Crippen LogP contribution in [-0.2, 0) is 0 Å². The van der Waals surface area contributed by atoms with Crippen LogP contribution in [0.3, 0.4) is 0 Å². The Morgan fingerprint density at radius 2 is 2.39 bits per heavy atom. The van der Waals surface area contributed by atoms with Crippen LogP contribution in [0.4, 0.5) is 0 Å². The quantitative estimate of drug-likeness (QED) is 0.834. The van der Waals surface area contributed by atoms with Gasteiger partial charge in [0.2, 0.25) is 0 Å². The van der Waals surface area contributed by atoms with Crippen LogP contribution in [0.5, 0.6) is 5.75 Å². The largest absolute Gasteiger partial charge is 0.494 e. The van der Waals surface area contributed by atoms with E-state index in [4.69, 9.17) is 16.3 Å². The van der Waals surface area contributed by atoms with Crippen molar-refractivity contribution in [1.29, 1.82) is 0 Å². The van der Waals surface area contributed by atoms with E-state index in [2.05, 4.69) is 16.4 Å². The molecule has 3 nitrogen and oxygen atoms in total. The van der Waals surface area contributed by atoms with Crippen LogP contribution in [0.15, 0.2) is 18.3 Å². The molecular formula is C14H17ClN2O. The van der Waals surface area contributed by atoms with Gasteiger partial charge in [0, 0.05) is 12.7 Å². The van der Waals surface area contributed by atoms with Gasteiger partial charge in [0.25, 0.3) is 0 Å². The maximum Gasteiger partial charge on any atom is 0.171 e. The van der Waals surface area contributed by atoms with Crippen molar-refractivity contribution in [3.8, 4) is 5.75 Å². The van der Waals surface area contributed by atoms with E-state index >= 15 is 0 Å². The van der Waals surface area contributed by atoms with Gasteiger partial charge in [0.1, 0.15) is 0 Å². The summed E-state index contributed by atoms with van der Waals surface area (Å²) in [6.45, 7) is 2.25. The van der Waals surface area contributed by atoms with Crippen LogP contribution >= 0.6 is 11.6 Å². The Balaban J connectivity index is 1.87. The lowest BCUT2D eigenvalue weighted by Gasteiger charge is -2.25. The van der Waals surface area contributed by atoms with Crippen molar-refractivity contribution >= 4 is 17.2 Å². The topological polar surface area (TPSA) is 34.1 Å². The van der Waals surface area contributed by atoms with Gasteiger partial charge in [-0.2, -0.15) is 0 Å². The van der Waals surface area contributed by atoms with Crippen molar-refractivity contribution in [2.24, 2.45) is 11.8 Å². The molecule has 0 saturated carbocycles. The number of hydrogen-bond donors (Lipinski definition) is 1. The molecule has 3 rings (SSSR count). The Kier molecular flexibility index (Phi) is 3.27. The number of piperidine rings is 1. The fourth-order valence-corrected chi connectivity index (χ4v) is 3.14. The summed E-state index contributed by atoms with van der Waals surface area (Å²) in [4.78, 5) is 4.20. The summed E-state index contributed by atoms with van der Waals surface area (Å²) < 4.78 is 5.23. The van der Waals surface area contributed by atoms with Crippen LogP contribution in [0, 0.1) is 11.8 Å².